The highest BCUT2D eigenvalue weighted by atomic mass is 16.5. The van der Waals surface area contributed by atoms with E-state index in [9.17, 15) is 9.59 Å². The van der Waals surface area contributed by atoms with Gasteiger partial charge in [-0.2, -0.15) is 0 Å². The number of aromatic nitrogens is 2. The summed E-state index contributed by atoms with van der Waals surface area (Å²) in [5, 5.41) is 2.42. The molecule has 1 N–H and O–H groups in total. The largest absolute Gasteiger partial charge is 0.493 e. The van der Waals surface area contributed by atoms with E-state index < -0.39 is 5.63 Å². The first kappa shape index (κ1) is 20.9. The molecule has 1 saturated heterocycles. The van der Waals surface area contributed by atoms with Gasteiger partial charge in [0.05, 0.1) is 14.2 Å². The number of piperidine rings is 1. The Bertz CT molecular complexity index is 878. The van der Waals surface area contributed by atoms with Gasteiger partial charge < -0.3 is 19.3 Å². The van der Waals surface area contributed by atoms with Crippen LogP contribution in [-0.4, -0.2) is 67.9 Å². The molecule has 2 aromatic rings. The Morgan fingerprint density at radius 2 is 2.14 bits per heavy atom. The van der Waals surface area contributed by atoms with E-state index in [0.717, 1.165) is 43.9 Å². The highest BCUT2D eigenvalue weighted by molar-refractivity contribution is 5.74. The fraction of sp³-hybridized carbons (Fsp3) is 0.550. The second-order valence-corrected chi connectivity index (χ2v) is 7.33. The number of benzene rings is 1. The fourth-order valence-electron chi connectivity index (χ4n) is 3.67. The van der Waals surface area contributed by atoms with Gasteiger partial charge in [0.15, 0.2) is 11.5 Å². The number of nitrogens with one attached hydrogen (secondary N) is 1. The molecule has 3 rings (SSSR count). The summed E-state index contributed by atoms with van der Waals surface area (Å²) in [6, 6.07) is 6.29. The van der Waals surface area contributed by atoms with E-state index in [1.165, 1.54) is 16.4 Å². The number of ether oxygens (including phenoxy) is 2. The van der Waals surface area contributed by atoms with Crippen LogP contribution in [0.4, 0.5) is 0 Å². The Hall–Kier alpha value is -2.81. The number of rotatable bonds is 8. The second kappa shape index (κ2) is 9.60. The number of H-pyrrole nitrogens is 1. The number of methoxy groups -OCH3 is 2. The molecule has 0 radical (unpaired) electrons. The molecule has 158 valence electrons. The normalized spacial score (nSPS) is 16.8. The number of carbonyl (C=O) groups is 1. The molecule has 1 aliphatic heterocycles. The van der Waals surface area contributed by atoms with Crippen molar-refractivity contribution in [3.05, 3.63) is 40.4 Å². The van der Waals surface area contributed by atoms with Gasteiger partial charge in [-0.15, -0.1) is 0 Å². The van der Waals surface area contributed by atoms with Crippen LogP contribution in [0.2, 0.25) is 0 Å². The van der Waals surface area contributed by atoms with Crippen molar-refractivity contribution in [2.75, 3.05) is 40.9 Å². The third-order valence-corrected chi connectivity index (χ3v) is 5.40. The van der Waals surface area contributed by atoms with E-state index in [-0.39, 0.29) is 12.5 Å². The smallest absolute Gasteiger partial charge is 0.426 e. The summed E-state index contributed by atoms with van der Waals surface area (Å²) in [7, 11) is 5.37. The minimum absolute atomic E-state index is 0.0231. The summed E-state index contributed by atoms with van der Waals surface area (Å²) < 4.78 is 16.6. The van der Waals surface area contributed by atoms with Crippen LogP contribution < -0.4 is 19.8 Å². The van der Waals surface area contributed by atoms with Crippen molar-refractivity contribution >= 4 is 5.91 Å². The summed E-state index contributed by atoms with van der Waals surface area (Å²) >= 11 is 0. The van der Waals surface area contributed by atoms with Crippen LogP contribution in [0.15, 0.2) is 33.7 Å². The Balaban J connectivity index is 1.53. The molecule has 1 fully saturated rings. The zero-order chi connectivity index (χ0) is 20.8. The van der Waals surface area contributed by atoms with Crippen LogP contribution in [0.25, 0.3) is 0 Å². The molecular formula is C20H29N4O5+. The van der Waals surface area contributed by atoms with E-state index in [2.05, 4.69) is 27.8 Å². The standard InChI is InChI=1S/C20H28N4O5/c1-22(10-8-15-6-7-17(27-2)18(11-15)28-3)16-5-4-9-23(12-16)19(25)13-24-14-20(26)29-21-24/h6-7,11,14,16H,4-5,8-10,12-13H2,1-3H3/p+1/t16-/m0/s1. The highest BCUT2D eigenvalue weighted by Gasteiger charge is 2.28. The molecule has 0 unspecified atom stereocenters. The fourth-order valence-corrected chi connectivity index (χ4v) is 3.67. The number of hydrogen-bond acceptors (Lipinski definition) is 6. The van der Waals surface area contributed by atoms with E-state index >= 15 is 0 Å². The molecule has 0 aliphatic carbocycles. The number of amides is 1. The quantitative estimate of drug-likeness (QED) is 0.641. The Morgan fingerprint density at radius 3 is 2.83 bits per heavy atom. The number of nitrogens with zero attached hydrogens (tertiary/aromatic N) is 3. The molecule has 0 spiro atoms. The molecule has 1 aromatic carbocycles. The summed E-state index contributed by atoms with van der Waals surface area (Å²) in [5.74, 6) is 1.43. The SMILES string of the molecule is COc1ccc(CCN(C)[C@H]2CCCN(C(=O)C[n+]3cc(=O)o[nH]3)C2)cc1OC. The Morgan fingerprint density at radius 1 is 1.34 bits per heavy atom. The molecule has 29 heavy (non-hydrogen) atoms. The van der Waals surface area contributed by atoms with Crippen LogP contribution in [0.1, 0.15) is 18.4 Å². The number of carbonyl (C=O) groups excluding carboxylic acids is 1. The van der Waals surface area contributed by atoms with Crippen LogP contribution in [0, 0.1) is 0 Å². The molecule has 0 bridgehead atoms. The predicted octanol–water partition coefficient (Wildman–Crippen LogP) is 0.438. The lowest BCUT2D eigenvalue weighted by atomic mass is 10.0. The van der Waals surface area contributed by atoms with Gasteiger partial charge in [0.2, 0.25) is 0 Å². The van der Waals surface area contributed by atoms with Gasteiger partial charge in [-0.05, 0) is 49.3 Å². The topological polar surface area (TPSA) is 91.9 Å². The number of likely N-dealkylation sites (tertiary alicyclic amines) is 1. The van der Waals surface area contributed by atoms with Crippen molar-refractivity contribution in [1.82, 2.24) is 15.1 Å². The average Bonchev–Trinajstić information content (AvgIpc) is 3.16. The molecule has 1 aliphatic rings. The minimum Gasteiger partial charge on any atom is -0.493 e. The summed E-state index contributed by atoms with van der Waals surface area (Å²) in [4.78, 5) is 27.8. The Labute approximate surface area is 169 Å². The van der Waals surface area contributed by atoms with Crippen molar-refractivity contribution in [3.63, 3.8) is 0 Å². The zero-order valence-electron chi connectivity index (χ0n) is 17.2. The molecule has 9 heteroatoms. The van der Waals surface area contributed by atoms with Crippen molar-refractivity contribution < 1.29 is 23.5 Å². The molecule has 0 saturated carbocycles. The lowest BCUT2D eigenvalue weighted by Gasteiger charge is -2.37. The van der Waals surface area contributed by atoms with Crippen LogP contribution in [0.3, 0.4) is 0 Å². The first-order valence-electron chi connectivity index (χ1n) is 9.77. The van der Waals surface area contributed by atoms with Crippen LogP contribution >= 0.6 is 0 Å². The maximum absolute atomic E-state index is 12.6. The molecule has 9 nitrogen and oxygen atoms in total. The lowest BCUT2D eigenvalue weighted by Crippen LogP contribution is -2.53. The predicted molar refractivity (Wildman–Crippen MR) is 105 cm³/mol. The van der Waals surface area contributed by atoms with Gasteiger partial charge in [0, 0.05) is 25.7 Å². The van der Waals surface area contributed by atoms with Crippen LogP contribution in [0.5, 0.6) is 11.5 Å². The summed E-state index contributed by atoms with van der Waals surface area (Å²) in [6.07, 6.45) is 4.15. The highest BCUT2D eigenvalue weighted by Crippen LogP contribution is 2.27. The van der Waals surface area contributed by atoms with Crippen molar-refractivity contribution in [3.8, 4) is 11.5 Å². The maximum Gasteiger partial charge on any atom is 0.426 e. The van der Waals surface area contributed by atoms with E-state index in [1.807, 2.05) is 17.0 Å². The van der Waals surface area contributed by atoms with Gasteiger partial charge >= 0.3 is 5.63 Å². The number of aromatic amines is 1. The van der Waals surface area contributed by atoms with E-state index in [0.29, 0.717) is 12.6 Å². The van der Waals surface area contributed by atoms with Gasteiger partial charge in [0.1, 0.15) is 0 Å². The van der Waals surface area contributed by atoms with Gasteiger partial charge in [0.25, 0.3) is 18.6 Å². The van der Waals surface area contributed by atoms with Crippen LogP contribution in [-0.2, 0) is 17.8 Å². The van der Waals surface area contributed by atoms with Crippen molar-refractivity contribution in [2.24, 2.45) is 0 Å². The monoisotopic (exact) mass is 405 g/mol. The first-order chi connectivity index (χ1) is 14.0. The minimum atomic E-state index is -0.496. The summed E-state index contributed by atoms with van der Waals surface area (Å²) in [6.45, 7) is 2.38. The molecule has 1 atom stereocenters. The lowest BCUT2D eigenvalue weighted by molar-refractivity contribution is -0.751. The van der Waals surface area contributed by atoms with Crippen molar-refractivity contribution in [2.45, 2.75) is 31.8 Å². The third kappa shape index (κ3) is 5.38. The summed E-state index contributed by atoms with van der Waals surface area (Å²) in [5.41, 5.74) is 0.683. The second-order valence-electron chi connectivity index (χ2n) is 7.33. The van der Waals surface area contributed by atoms with E-state index in [1.54, 1.807) is 14.2 Å². The maximum atomic E-state index is 12.6. The molecule has 2 heterocycles. The molecular weight excluding hydrogens is 376 g/mol. The van der Waals surface area contributed by atoms with Gasteiger partial charge in [-0.25, -0.2) is 4.79 Å². The van der Waals surface area contributed by atoms with E-state index in [4.69, 9.17) is 9.47 Å². The van der Waals surface area contributed by atoms with Gasteiger partial charge in [-0.1, -0.05) is 10.7 Å². The van der Waals surface area contributed by atoms with Gasteiger partial charge in [-0.3, -0.25) is 9.32 Å². The molecule has 1 amide bonds. The third-order valence-electron chi connectivity index (χ3n) is 5.40. The zero-order valence-corrected chi connectivity index (χ0v) is 17.2. The Kier molecular flexibility index (Phi) is 6.92. The number of hydrogen-bond donors (Lipinski definition) is 1. The molecule has 1 aromatic heterocycles. The first-order valence-corrected chi connectivity index (χ1v) is 9.77. The average molecular weight is 405 g/mol. The van der Waals surface area contributed by atoms with Crippen molar-refractivity contribution in [1.29, 1.82) is 0 Å². The number of likely N-dealkylation sites (N-methyl/N-ethyl adjacent to an activating group) is 1.